The van der Waals surface area contributed by atoms with Crippen LogP contribution in [0.25, 0.3) is 0 Å². The van der Waals surface area contributed by atoms with Crippen LogP contribution in [0, 0.1) is 11.8 Å². The highest BCUT2D eigenvalue weighted by molar-refractivity contribution is 6.78. The van der Waals surface area contributed by atoms with E-state index in [2.05, 4.69) is 18.8 Å². The van der Waals surface area contributed by atoms with Gasteiger partial charge in [-0.1, -0.05) is 38.0 Å². The van der Waals surface area contributed by atoms with Gasteiger partial charge >= 0.3 is 14.2 Å². The van der Waals surface area contributed by atoms with Crippen molar-refractivity contribution in [3.8, 4) is 11.8 Å². The van der Waals surface area contributed by atoms with Crippen LogP contribution in [0.3, 0.4) is 0 Å². The first-order valence-electron chi connectivity index (χ1n) is 10.7. The molecule has 2 aliphatic rings. The fourth-order valence-corrected chi connectivity index (χ4v) is 3.05. The minimum Gasteiger partial charge on any atom is -0.400 e. The molecule has 2 fully saturated rings. The predicted octanol–water partition coefficient (Wildman–Crippen LogP) is 5.15. The molecule has 6 heteroatoms. The molecule has 0 aromatic heterocycles. The van der Waals surface area contributed by atoms with Crippen LogP contribution in [0.1, 0.15) is 94.4 Å². The molecule has 0 unspecified atom stereocenters. The summed E-state index contributed by atoms with van der Waals surface area (Å²) in [6.45, 7) is 18.6. The van der Waals surface area contributed by atoms with Gasteiger partial charge in [-0.05, 0) is 73.3 Å². The lowest BCUT2D eigenvalue weighted by Gasteiger charge is -2.32. The van der Waals surface area contributed by atoms with Crippen LogP contribution in [0.15, 0.2) is 11.4 Å². The standard InChI is InChI=1S/C22H38B2O4/c1-10-11-12-13-14-15-16-17-18(23-25-19(2,3)20(4,5)26-23)24-27-21(6,7)22(8,9)28-24/h17H,10-14H2,1-9H3. The Labute approximate surface area is 173 Å². The van der Waals surface area contributed by atoms with Gasteiger partial charge in [0.05, 0.1) is 22.4 Å². The van der Waals surface area contributed by atoms with Gasteiger partial charge < -0.3 is 18.6 Å². The minimum atomic E-state index is -0.533. The molecule has 4 nitrogen and oxygen atoms in total. The lowest BCUT2D eigenvalue weighted by Crippen LogP contribution is -2.41. The van der Waals surface area contributed by atoms with Gasteiger partial charge in [-0.25, -0.2) is 0 Å². The highest BCUT2D eigenvalue weighted by atomic mass is 16.7. The molecule has 0 N–H and O–H groups in total. The van der Waals surface area contributed by atoms with E-state index in [1.54, 1.807) is 0 Å². The Morgan fingerprint density at radius 1 is 0.714 bits per heavy atom. The van der Waals surface area contributed by atoms with Crippen molar-refractivity contribution in [2.24, 2.45) is 0 Å². The fourth-order valence-electron chi connectivity index (χ4n) is 3.05. The maximum absolute atomic E-state index is 6.27. The third-order valence-electron chi connectivity index (χ3n) is 6.55. The predicted molar refractivity (Wildman–Crippen MR) is 117 cm³/mol. The van der Waals surface area contributed by atoms with Crippen molar-refractivity contribution >= 4 is 14.2 Å². The van der Waals surface area contributed by atoms with Gasteiger partial charge in [-0.3, -0.25) is 0 Å². The number of hydrogen-bond donors (Lipinski definition) is 0. The molecule has 0 spiro atoms. The van der Waals surface area contributed by atoms with E-state index in [1.165, 1.54) is 19.3 Å². The molecule has 0 aromatic rings. The molecule has 28 heavy (non-hydrogen) atoms. The molecule has 2 rings (SSSR count). The molecule has 0 amide bonds. The van der Waals surface area contributed by atoms with Crippen molar-refractivity contribution in [1.29, 1.82) is 0 Å². The summed E-state index contributed by atoms with van der Waals surface area (Å²) in [5.41, 5.74) is -1.69. The van der Waals surface area contributed by atoms with Crippen LogP contribution in [-0.4, -0.2) is 36.6 Å². The Balaban J connectivity index is 2.21. The normalized spacial score (nSPS) is 24.0. The Morgan fingerprint density at radius 2 is 1.14 bits per heavy atom. The largest absolute Gasteiger partial charge is 0.487 e. The van der Waals surface area contributed by atoms with E-state index in [-0.39, 0.29) is 0 Å². The zero-order chi connectivity index (χ0) is 21.2. The molecule has 2 saturated heterocycles. The Bertz CT molecular complexity index is 571. The maximum atomic E-state index is 6.27. The Morgan fingerprint density at radius 3 is 1.54 bits per heavy atom. The Kier molecular flexibility index (Phi) is 7.20. The van der Waals surface area contributed by atoms with E-state index in [0.29, 0.717) is 0 Å². The molecule has 0 aromatic carbocycles. The van der Waals surface area contributed by atoms with Crippen LogP contribution in [0.4, 0.5) is 0 Å². The average molecular weight is 388 g/mol. The van der Waals surface area contributed by atoms with Crippen LogP contribution < -0.4 is 0 Å². The summed E-state index contributed by atoms with van der Waals surface area (Å²) in [5, 5.41) is 0.804. The van der Waals surface area contributed by atoms with Crippen molar-refractivity contribution in [3.63, 3.8) is 0 Å². The minimum absolute atomic E-state index is 0.423. The van der Waals surface area contributed by atoms with E-state index in [4.69, 9.17) is 18.6 Å². The highest BCUT2D eigenvalue weighted by Gasteiger charge is 2.59. The second-order valence-electron chi connectivity index (χ2n) is 9.95. The van der Waals surface area contributed by atoms with Gasteiger partial charge in [-0.2, -0.15) is 0 Å². The summed E-state index contributed by atoms with van der Waals surface area (Å²) in [5.74, 6) is 6.45. The first kappa shape index (κ1) is 23.5. The third-order valence-corrected chi connectivity index (χ3v) is 6.55. The molecule has 0 bridgehead atoms. The lowest BCUT2D eigenvalue weighted by atomic mass is 9.57. The van der Waals surface area contributed by atoms with Crippen molar-refractivity contribution in [3.05, 3.63) is 11.4 Å². The van der Waals surface area contributed by atoms with E-state index >= 15 is 0 Å². The monoisotopic (exact) mass is 388 g/mol. The number of rotatable bonds is 6. The van der Waals surface area contributed by atoms with Gasteiger partial charge in [0, 0.05) is 6.42 Å². The first-order valence-corrected chi connectivity index (χ1v) is 10.7. The molecular formula is C22H38B2O4. The van der Waals surface area contributed by atoms with Crippen LogP contribution >= 0.6 is 0 Å². The molecule has 0 atom stereocenters. The molecule has 0 saturated carbocycles. The van der Waals surface area contributed by atoms with Crippen molar-refractivity contribution in [1.82, 2.24) is 0 Å². The number of allylic oxidation sites excluding steroid dienone is 1. The summed E-state index contributed by atoms with van der Waals surface area (Å²) < 4.78 is 25.1. The topological polar surface area (TPSA) is 36.9 Å². The Hall–Kier alpha value is -0.730. The molecule has 0 aliphatic carbocycles. The van der Waals surface area contributed by atoms with Crippen LogP contribution in [-0.2, 0) is 18.6 Å². The first-order chi connectivity index (χ1) is 12.8. The van der Waals surface area contributed by atoms with E-state index in [0.717, 1.165) is 18.2 Å². The summed E-state index contributed by atoms with van der Waals surface area (Å²) in [4.78, 5) is 0. The van der Waals surface area contributed by atoms with Crippen molar-refractivity contribution in [2.45, 2.75) is 117 Å². The van der Waals surface area contributed by atoms with Crippen molar-refractivity contribution in [2.75, 3.05) is 0 Å². The van der Waals surface area contributed by atoms with E-state index in [9.17, 15) is 0 Å². The summed E-state index contributed by atoms with van der Waals surface area (Å²) in [7, 11) is -1.07. The average Bonchev–Trinajstić information content (AvgIpc) is 2.89. The maximum Gasteiger partial charge on any atom is 0.487 e. The highest BCUT2D eigenvalue weighted by Crippen LogP contribution is 2.43. The molecule has 2 heterocycles. The van der Waals surface area contributed by atoms with Gasteiger partial charge in [0.25, 0.3) is 0 Å². The SMILES string of the molecule is CCCCCCC#CC=C(B1OC(C)(C)C(C)(C)O1)B1OC(C)(C)C(C)(C)O1. The zero-order valence-corrected chi connectivity index (χ0v) is 19.4. The third kappa shape index (κ3) is 5.05. The summed E-state index contributed by atoms with van der Waals surface area (Å²) >= 11 is 0. The second-order valence-corrected chi connectivity index (χ2v) is 9.95. The molecular weight excluding hydrogens is 350 g/mol. The zero-order valence-electron chi connectivity index (χ0n) is 19.4. The van der Waals surface area contributed by atoms with E-state index < -0.39 is 36.6 Å². The number of hydrogen-bond acceptors (Lipinski definition) is 4. The van der Waals surface area contributed by atoms with Crippen LogP contribution in [0.2, 0.25) is 0 Å². The van der Waals surface area contributed by atoms with Gasteiger partial charge in [0.15, 0.2) is 0 Å². The smallest absolute Gasteiger partial charge is 0.400 e. The molecule has 156 valence electrons. The van der Waals surface area contributed by atoms with E-state index in [1.807, 2.05) is 61.5 Å². The summed E-state index contributed by atoms with van der Waals surface area (Å²) in [6.07, 6.45) is 7.65. The lowest BCUT2D eigenvalue weighted by molar-refractivity contribution is 0.00578. The fraction of sp³-hybridized carbons (Fsp3) is 0.818. The quantitative estimate of drug-likeness (QED) is 0.358. The van der Waals surface area contributed by atoms with Gasteiger partial charge in [0.2, 0.25) is 0 Å². The summed E-state index contributed by atoms with van der Waals surface area (Å²) in [6, 6.07) is 0. The van der Waals surface area contributed by atoms with Crippen LogP contribution in [0.5, 0.6) is 0 Å². The second kappa shape index (κ2) is 8.56. The van der Waals surface area contributed by atoms with Gasteiger partial charge in [-0.15, -0.1) is 0 Å². The number of unbranched alkanes of at least 4 members (excludes halogenated alkanes) is 4. The molecule has 0 radical (unpaired) electrons. The molecule has 2 aliphatic heterocycles. The van der Waals surface area contributed by atoms with Gasteiger partial charge in [0.1, 0.15) is 0 Å². The van der Waals surface area contributed by atoms with Crippen molar-refractivity contribution < 1.29 is 18.6 Å².